The Morgan fingerprint density at radius 2 is 1.95 bits per heavy atom. The zero-order chi connectivity index (χ0) is 14.4. The van der Waals surface area contributed by atoms with E-state index in [4.69, 9.17) is 0 Å². The van der Waals surface area contributed by atoms with Gasteiger partial charge in [-0.05, 0) is 56.0 Å². The Hall–Kier alpha value is -1.81. The first-order valence-electron chi connectivity index (χ1n) is 7.21. The number of allylic oxidation sites excluding steroid dienone is 1. The number of piperidine rings is 1. The van der Waals surface area contributed by atoms with Crippen molar-refractivity contribution < 1.29 is 9.90 Å². The zero-order valence-corrected chi connectivity index (χ0v) is 11.9. The molecular weight excluding hydrogens is 252 g/mol. The number of hydrogen-bond acceptors (Lipinski definition) is 3. The van der Waals surface area contributed by atoms with Gasteiger partial charge in [0.1, 0.15) is 5.70 Å². The fourth-order valence-corrected chi connectivity index (χ4v) is 2.78. The number of aliphatic carboxylic acids is 1. The molecule has 2 rings (SSSR count). The van der Waals surface area contributed by atoms with Gasteiger partial charge in [-0.1, -0.05) is 25.1 Å². The number of nitrogens with one attached hydrogen (secondary N) is 2. The van der Waals surface area contributed by atoms with Crippen molar-refractivity contribution in [2.75, 3.05) is 18.4 Å². The van der Waals surface area contributed by atoms with Gasteiger partial charge in [-0.15, -0.1) is 0 Å². The molecule has 0 unspecified atom stereocenters. The minimum atomic E-state index is -0.871. The van der Waals surface area contributed by atoms with E-state index in [-0.39, 0.29) is 0 Å². The monoisotopic (exact) mass is 274 g/mol. The second-order valence-electron chi connectivity index (χ2n) is 5.07. The van der Waals surface area contributed by atoms with Crippen molar-refractivity contribution in [2.24, 2.45) is 5.92 Å². The molecule has 0 radical (unpaired) electrons. The van der Waals surface area contributed by atoms with Gasteiger partial charge in [0, 0.05) is 5.69 Å². The number of rotatable bonds is 5. The Kier molecular flexibility index (Phi) is 5.18. The molecule has 1 fully saturated rings. The topological polar surface area (TPSA) is 61.4 Å². The molecule has 4 heteroatoms. The lowest BCUT2D eigenvalue weighted by molar-refractivity contribution is -0.132. The van der Waals surface area contributed by atoms with E-state index in [0.717, 1.165) is 43.6 Å². The summed E-state index contributed by atoms with van der Waals surface area (Å²) in [5.74, 6) is -0.507. The third kappa shape index (κ3) is 3.61. The molecule has 1 aliphatic rings. The van der Waals surface area contributed by atoms with Crippen molar-refractivity contribution in [3.63, 3.8) is 0 Å². The van der Waals surface area contributed by atoms with Crippen LogP contribution in [0.1, 0.15) is 26.2 Å². The third-order valence-corrected chi connectivity index (χ3v) is 3.79. The van der Waals surface area contributed by atoms with E-state index in [9.17, 15) is 9.90 Å². The van der Waals surface area contributed by atoms with Crippen LogP contribution in [0.4, 0.5) is 5.69 Å². The Bertz CT molecular complexity index is 477. The maximum atomic E-state index is 11.6. The summed E-state index contributed by atoms with van der Waals surface area (Å²) >= 11 is 0. The van der Waals surface area contributed by atoms with Crippen LogP contribution in [0.3, 0.4) is 0 Å². The van der Waals surface area contributed by atoms with Crippen molar-refractivity contribution in [2.45, 2.75) is 26.2 Å². The van der Waals surface area contributed by atoms with Gasteiger partial charge < -0.3 is 15.7 Å². The van der Waals surface area contributed by atoms with Gasteiger partial charge in [-0.2, -0.15) is 0 Å². The Balaban J connectivity index is 2.27. The first kappa shape index (κ1) is 14.6. The molecule has 0 spiro atoms. The van der Waals surface area contributed by atoms with Gasteiger partial charge >= 0.3 is 5.97 Å². The maximum Gasteiger partial charge on any atom is 0.352 e. The molecule has 0 aromatic heterocycles. The lowest BCUT2D eigenvalue weighted by Crippen LogP contribution is -2.30. The number of anilines is 1. The van der Waals surface area contributed by atoms with E-state index < -0.39 is 5.97 Å². The van der Waals surface area contributed by atoms with Crippen LogP contribution in [-0.4, -0.2) is 24.2 Å². The molecule has 1 aromatic carbocycles. The Labute approximate surface area is 119 Å². The molecule has 1 aliphatic heterocycles. The highest BCUT2D eigenvalue weighted by Gasteiger charge is 2.23. The lowest BCUT2D eigenvalue weighted by atomic mass is 9.87. The molecule has 0 amide bonds. The predicted octanol–water partition coefficient (Wildman–Crippen LogP) is 2.85. The number of para-hydroxylation sites is 1. The van der Waals surface area contributed by atoms with Crippen molar-refractivity contribution in [3.8, 4) is 0 Å². The molecule has 0 saturated carbocycles. The van der Waals surface area contributed by atoms with Crippen LogP contribution in [0.15, 0.2) is 41.6 Å². The molecule has 0 atom stereocenters. The van der Waals surface area contributed by atoms with Crippen LogP contribution >= 0.6 is 0 Å². The first-order chi connectivity index (χ1) is 9.72. The fraction of sp³-hybridized carbons (Fsp3) is 0.438. The van der Waals surface area contributed by atoms with E-state index in [0.29, 0.717) is 11.6 Å². The molecule has 4 nitrogen and oxygen atoms in total. The average Bonchev–Trinajstić information content (AvgIpc) is 2.49. The minimum absolute atomic E-state index is 0.352. The summed E-state index contributed by atoms with van der Waals surface area (Å²) in [6, 6.07) is 9.50. The summed E-state index contributed by atoms with van der Waals surface area (Å²) < 4.78 is 0. The van der Waals surface area contributed by atoms with Crippen molar-refractivity contribution in [1.82, 2.24) is 5.32 Å². The molecular formula is C16H22N2O2. The highest BCUT2D eigenvalue weighted by Crippen LogP contribution is 2.27. The molecule has 1 aromatic rings. The summed E-state index contributed by atoms with van der Waals surface area (Å²) in [4.78, 5) is 11.6. The predicted molar refractivity (Wildman–Crippen MR) is 80.6 cm³/mol. The first-order valence-corrected chi connectivity index (χ1v) is 7.21. The van der Waals surface area contributed by atoms with E-state index in [1.54, 1.807) is 0 Å². The Morgan fingerprint density at radius 1 is 1.30 bits per heavy atom. The summed E-state index contributed by atoms with van der Waals surface area (Å²) in [5, 5.41) is 15.9. The van der Waals surface area contributed by atoms with Crippen LogP contribution in [0, 0.1) is 5.92 Å². The Morgan fingerprint density at radius 3 is 2.50 bits per heavy atom. The second kappa shape index (κ2) is 7.10. The number of carboxylic acid groups (broad SMARTS) is 1. The normalized spacial score (nSPS) is 17.4. The largest absolute Gasteiger partial charge is 0.477 e. The van der Waals surface area contributed by atoms with Crippen LogP contribution in [0.25, 0.3) is 0 Å². The minimum Gasteiger partial charge on any atom is -0.477 e. The van der Waals surface area contributed by atoms with Crippen molar-refractivity contribution >= 4 is 11.7 Å². The van der Waals surface area contributed by atoms with Gasteiger partial charge in [0.2, 0.25) is 0 Å². The molecule has 3 N–H and O–H groups in total. The summed E-state index contributed by atoms with van der Waals surface area (Å²) in [6.45, 7) is 3.96. The van der Waals surface area contributed by atoms with Crippen LogP contribution in [0.5, 0.6) is 0 Å². The standard InChI is InChI=1S/C16H22N2O2/c1-2-14(12-8-10-17-11-9-12)15(16(19)20)18-13-6-4-3-5-7-13/h3-7,12,17-18H,2,8-11H2,1H3,(H,19,20)/b15-14+. The molecule has 0 bridgehead atoms. The maximum absolute atomic E-state index is 11.6. The lowest BCUT2D eigenvalue weighted by Gasteiger charge is -2.26. The second-order valence-corrected chi connectivity index (χ2v) is 5.07. The molecule has 0 aliphatic carbocycles. The van der Waals surface area contributed by atoms with E-state index in [2.05, 4.69) is 10.6 Å². The highest BCUT2D eigenvalue weighted by molar-refractivity contribution is 5.91. The molecule has 20 heavy (non-hydrogen) atoms. The van der Waals surface area contributed by atoms with Crippen molar-refractivity contribution in [1.29, 1.82) is 0 Å². The summed E-state index contributed by atoms with van der Waals surface area (Å²) in [6.07, 6.45) is 2.79. The van der Waals surface area contributed by atoms with Gasteiger partial charge in [-0.3, -0.25) is 0 Å². The highest BCUT2D eigenvalue weighted by atomic mass is 16.4. The SMILES string of the molecule is CC/C(=C(\Nc1ccccc1)C(=O)O)C1CCNCC1. The number of carbonyl (C=O) groups is 1. The average molecular weight is 274 g/mol. The molecule has 1 saturated heterocycles. The number of carboxylic acids is 1. The smallest absolute Gasteiger partial charge is 0.352 e. The van der Waals surface area contributed by atoms with E-state index in [1.807, 2.05) is 37.3 Å². The number of hydrogen-bond donors (Lipinski definition) is 3. The summed E-state index contributed by atoms with van der Waals surface area (Å²) in [5.41, 5.74) is 2.21. The third-order valence-electron chi connectivity index (χ3n) is 3.79. The van der Waals surface area contributed by atoms with E-state index >= 15 is 0 Å². The molecule has 108 valence electrons. The summed E-state index contributed by atoms with van der Waals surface area (Å²) in [7, 11) is 0. The van der Waals surface area contributed by atoms with Crippen molar-refractivity contribution in [3.05, 3.63) is 41.6 Å². The van der Waals surface area contributed by atoms with Crippen LogP contribution in [-0.2, 0) is 4.79 Å². The van der Waals surface area contributed by atoms with Gasteiger partial charge in [0.15, 0.2) is 0 Å². The number of benzene rings is 1. The van der Waals surface area contributed by atoms with Crippen LogP contribution in [0.2, 0.25) is 0 Å². The quantitative estimate of drug-likeness (QED) is 0.723. The van der Waals surface area contributed by atoms with Gasteiger partial charge in [-0.25, -0.2) is 4.79 Å². The zero-order valence-electron chi connectivity index (χ0n) is 11.9. The van der Waals surface area contributed by atoms with E-state index in [1.165, 1.54) is 0 Å². The van der Waals surface area contributed by atoms with Crippen LogP contribution < -0.4 is 10.6 Å². The van der Waals surface area contributed by atoms with Gasteiger partial charge in [0.25, 0.3) is 0 Å². The van der Waals surface area contributed by atoms with Gasteiger partial charge in [0.05, 0.1) is 0 Å². The fourth-order valence-electron chi connectivity index (χ4n) is 2.78. The molecule has 1 heterocycles.